The molecule has 3 fully saturated rings. The summed E-state index contributed by atoms with van der Waals surface area (Å²) in [6.45, 7) is 9.95. The number of fused-ring (bicyclic) bond motifs is 3. The first-order chi connectivity index (χ1) is 7.50. The van der Waals surface area contributed by atoms with Crippen molar-refractivity contribution in [1.82, 2.24) is 0 Å². The summed E-state index contributed by atoms with van der Waals surface area (Å²) in [7, 11) is 0. The van der Waals surface area contributed by atoms with Gasteiger partial charge >= 0.3 is 0 Å². The Morgan fingerprint density at radius 2 is 1.62 bits per heavy atom. The van der Waals surface area contributed by atoms with E-state index in [-0.39, 0.29) is 0 Å². The third-order valence-corrected chi connectivity index (χ3v) is 5.98. The Bertz CT molecular complexity index is 272. The molecule has 0 heteroatoms. The highest BCUT2D eigenvalue weighted by Gasteiger charge is 2.61. The quantitative estimate of drug-likeness (QED) is 0.553. The molecule has 0 radical (unpaired) electrons. The SMILES string of the molecule is CC1CCC2CCCC3C(C12)C3C(C)(C)C. The lowest BCUT2D eigenvalue weighted by atomic mass is 9.79. The van der Waals surface area contributed by atoms with Gasteiger partial charge in [-0.3, -0.25) is 0 Å². The average molecular weight is 220 g/mol. The predicted octanol–water partition coefficient (Wildman–Crippen LogP) is 4.74. The van der Waals surface area contributed by atoms with E-state index in [2.05, 4.69) is 27.7 Å². The Morgan fingerprint density at radius 1 is 0.875 bits per heavy atom. The lowest BCUT2D eigenvalue weighted by molar-refractivity contribution is 0.224. The van der Waals surface area contributed by atoms with Crippen molar-refractivity contribution < 1.29 is 0 Å². The molecule has 3 aliphatic rings. The van der Waals surface area contributed by atoms with Crippen LogP contribution in [0.25, 0.3) is 0 Å². The summed E-state index contributed by atoms with van der Waals surface area (Å²) in [6.07, 6.45) is 7.70. The maximum Gasteiger partial charge on any atom is -0.0300 e. The van der Waals surface area contributed by atoms with E-state index in [9.17, 15) is 0 Å². The summed E-state index contributed by atoms with van der Waals surface area (Å²) in [5.41, 5.74) is 0.569. The van der Waals surface area contributed by atoms with Gasteiger partial charge in [-0.05, 0) is 53.8 Å². The molecule has 0 nitrogen and oxygen atoms in total. The Hall–Kier alpha value is 0. The molecule has 3 rings (SSSR count). The van der Waals surface area contributed by atoms with E-state index >= 15 is 0 Å². The second-order valence-corrected chi connectivity index (χ2v) is 7.96. The van der Waals surface area contributed by atoms with Crippen molar-refractivity contribution in [3.05, 3.63) is 0 Å². The maximum absolute atomic E-state index is 2.53. The second kappa shape index (κ2) is 3.50. The largest absolute Gasteiger partial charge is 0.0622 e. The molecular formula is C16H28. The smallest absolute Gasteiger partial charge is 0.0300 e. The van der Waals surface area contributed by atoms with Crippen molar-refractivity contribution >= 4 is 0 Å². The van der Waals surface area contributed by atoms with Crippen LogP contribution >= 0.6 is 0 Å². The van der Waals surface area contributed by atoms with Gasteiger partial charge in [-0.2, -0.15) is 0 Å². The maximum atomic E-state index is 2.53. The molecule has 0 N–H and O–H groups in total. The van der Waals surface area contributed by atoms with Gasteiger partial charge in [0.05, 0.1) is 0 Å². The van der Waals surface area contributed by atoms with Crippen LogP contribution in [0.1, 0.15) is 59.8 Å². The minimum absolute atomic E-state index is 0.569. The Balaban J connectivity index is 1.83. The van der Waals surface area contributed by atoms with Gasteiger partial charge in [0.25, 0.3) is 0 Å². The first-order valence-electron chi connectivity index (χ1n) is 7.50. The lowest BCUT2D eigenvalue weighted by Crippen LogP contribution is -2.20. The van der Waals surface area contributed by atoms with E-state index in [1.54, 1.807) is 19.3 Å². The molecule has 92 valence electrons. The second-order valence-electron chi connectivity index (χ2n) is 7.96. The third kappa shape index (κ3) is 1.56. The molecular weight excluding hydrogens is 192 g/mol. The molecule has 0 aromatic carbocycles. The predicted molar refractivity (Wildman–Crippen MR) is 69.2 cm³/mol. The van der Waals surface area contributed by atoms with Crippen LogP contribution in [0.4, 0.5) is 0 Å². The van der Waals surface area contributed by atoms with Gasteiger partial charge in [-0.15, -0.1) is 0 Å². The summed E-state index contributed by atoms with van der Waals surface area (Å²) in [4.78, 5) is 0. The van der Waals surface area contributed by atoms with Crippen LogP contribution in [0, 0.1) is 40.9 Å². The molecule has 0 aliphatic heterocycles. The summed E-state index contributed by atoms with van der Waals surface area (Å²) < 4.78 is 0. The van der Waals surface area contributed by atoms with Crippen LogP contribution < -0.4 is 0 Å². The van der Waals surface area contributed by atoms with Crippen molar-refractivity contribution in [3.63, 3.8) is 0 Å². The normalized spacial score (nSPS) is 51.8. The van der Waals surface area contributed by atoms with Crippen LogP contribution in [0.5, 0.6) is 0 Å². The van der Waals surface area contributed by atoms with Gasteiger partial charge in [0, 0.05) is 0 Å². The van der Waals surface area contributed by atoms with E-state index in [1.165, 1.54) is 12.8 Å². The molecule has 3 saturated carbocycles. The van der Waals surface area contributed by atoms with Crippen LogP contribution in [-0.2, 0) is 0 Å². The van der Waals surface area contributed by atoms with E-state index in [4.69, 9.17) is 0 Å². The van der Waals surface area contributed by atoms with Crippen LogP contribution in [0.2, 0.25) is 0 Å². The average Bonchev–Trinajstić information content (AvgIpc) is 2.79. The Kier molecular flexibility index (Phi) is 2.43. The van der Waals surface area contributed by atoms with Crippen molar-refractivity contribution in [2.75, 3.05) is 0 Å². The summed E-state index contributed by atoms with van der Waals surface area (Å²) >= 11 is 0. The topological polar surface area (TPSA) is 0 Å². The molecule has 0 aromatic rings. The van der Waals surface area contributed by atoms with Crippen molar-refractivity contribution in [3.8, 4) is 0 Å². The first kappa shape index (κ1) is 11.1. The highest BCUT2D eigenvalue weighted by atomic mass is 14.7. The molecule has 16 heavy (non-hydrogen) atoms. The standard InChI is InChI=1S/C16H28/c1-10-8-9-11-6-5-7-12-14(13(10)11)15(12)16(2,3)4/h10-15H,5-9H2,1-4H3. The fourth-order valence-electron chi connectivity index (χ4n) is 5.49. The fraction of sp³-hybridized carbons (Fsp3) is 1.00. The van der Waals surface area contributed by atoms with Crippen molar-refractivity contribution in [2.24, 2.45) is 40.9 Å². The molecule has 0 bridgehead atoms. The van der Waals surface area contributed by atoms with Crippen LogP contribution in [-0.4, -0.2) is 0 Å². The molecule has 6 atom stereocenters. The number of rotatable bonds is 0. The van der Waals surface area contributed by atoms with Crippen molar-refractivity contribution in [1.29, 1.82) is 0 Å². The molecule has 6 unspecified atom stereocenters. The Labute approximate surface area is 101 Å². The zero-order valence-electron chi connectivity index (χ0n) is 11.5. The zero-order valence-corrected chi connectivity index (χ0v) is 11.5. The zero-order chi connectivity index (χ0) is 11.5. The molecule has 0 amide bonds. The van der Waals surface area contributed by atoms with Gasteiger partial charge in [0.15, 0.2) is 0 Å². The summed E-state index contributed by atoms with van der Waals surface area (Å²) in [6, 6.07) is 0. The van der Waals surface area contributed by atoms with Crippen LogP contribution in [0.3, 0.4) is 0 Å². The molecule has 0 aromatic heterocycles. The lowest BCUT2D eigenvalue weighted by Gasteiger charge is -2.26. The Morgan fingerprint density at radius 3 is 2.31 bits per heavy atom. The minimum Gasteiger partial charge on any atom is -0.0622 e. The minimum atomic E-state index is 0.569. The molecule has 0 heterocycles. The van der Waals surface area contributed by atoms with Gasteiger partial charge in [-0.25, -0.2) is 0 Å². The van der Waals surface area contributed by atoms with E-state index in [1.807, 2.05) is 0 Å². The first-order valence-corrected chi connectivity index (χ1v) is 7.50. The van der Waals surface area contributed by atoms with Crippen LogP contribution in [0.15, 0.2) is 0 Å². The van der Waals surface area contributed by atoms with E-state index in [0.29, 0.717) is 5.41 Å². The van der Waals surface area contributed by atoms with Gasteiger partial charge in [0.1, 0.15) is 0 Å². The molecule has 0 spiro atoms. The highest BCUT2D eigenvalue weighted by Crippen LogP contribution is 2.67. The number of hydrogen-bond acceptors (Lipinski definition) is 0. The number of hydrogen-bond donors (Lipinski definition) is 0. The molecule has 3 aliphatic carbocycles. The van der Waals surface area contributed by atoms with E-state index < -0.39 is 0 Å². The van der Waals surface area contributed by atoms with Crippen molar-refractivity contribution in [2.45, 2.75) is 59.8 Å². The van der Waals surface area contributed by atoms with Gasteiger partial charge in [0.2, 0.25) is 0 Å². The highest BCUT2D eigenvalue weighted by molar-refractivity contribution is 5.09. The fourth-order valence-corrected chi connectivity index (χ4v) is 5.49. The van der Waals surface area contributed by atoms with Gasteiger partial charge < -0.3 is 0 Å². The van der Waals surface area contributed by atoms with E-state index in [0.717, 1.165) is 35.5 Å². The van der Waals surface area contributed by atoms with Gasteiger partial charge in [-0.1, -0.05) is 47.0 Å². The molecule has 0 saturated heterocycles. The monoisotopic (exact) mass is 220 g/mol. The third-order valence-electron chi connectivity index (χ3n) is 5.98. The summed E-state index contributed by atoms with van der Waals surface area (Å²) in [5, 5.41) is 0. The summed E-state index contributed by atoms with van der Waals surface area (Å²) in [5.74, 6) is 6.53.